The number of halogens is 1. The van der Waals surface area contributed by atoms with Crippen LogP contribution in [0.5, 0.6) is 0 Å². The Morgan fingerprint density at radius 2 is 1.26 bits per heavy atom. The first-order valence-electron chi connectivity index (χ1n) is 11.1. The first-order valence-corrected chi connectivity index (χ1v) is 11.1. The van der Waals surface area contributed by atoms with Crippen LogP contribution in [0.25, 0.3) is 0 Å². The van der Waals surface area contributed by atoms with Crippen molar-refractivity contribution in [2.45, 2.75) is 96.8 Å². The summed E-state index contributed by atoms with van der Waals surface area (Å²) in [4.78, 5) is 11.6. The number of ether oxygens (including phenoxy) is 1. The van der Waals surface area contributed by atoms with Crippen LogP contribution in [0.15, 0.2) is 12.2 Å². The summed E-state index contributed by atoms with van der Waals surface area (Å²) in [6, 6.07) is 0. The number of carbonyl (C=O) groups is 1. The van der Waals surface area contributed by atoms with E-state index in [2.05, 4.69) is 40.2 Å². The van der Waals surface area contributed by atoms with Crippen LogP contribution >= 0.6 is 0 Å². The lowest BCUT2D eigenvalue weighted by atomic mass is 10.1. The molecule has 0 saturated carbocycles. The molecule has 0 heterocycles. The van der Waals surface area contributed by atoms with Gasteiger partial charge in [0.15, 0.2) is 0 Å². The van der Waals surface area contributed by atoms with E-state index in [1.807, 2.05) is 0 Å². The van der Waals surface area contributed by atoms with Crippen molar-refractivity contribution in [1.29, 1.82) is 0 Å². The highest BCUT2D eigenvalue weighted by molar-refractivity contribution is 5.69. The summed E-state index contributed by atoms with van der Waals surface area (Å²) < 4.78 is 6.11. The predicted molar refractivity (Wildman–Crippen MR) is 113 cm³/mol. The van der Waals surface area contributed by atoms with Crippen LogP contribution in [0, 0.1) is 0 Å². The van der Waals surface area contributed by atoms with Gasteiger partial charge < -0.3 is 21.6 Å². The van der Waals surface area contributed by atoms with Crippen molar-refractivity contribution >= 4 is 5.97 Å². The number of hydrogen-bond acceptors (Lipinski definition) is 2. The Kier molecular flexibility index (Phi) is 21.4. The van der Waals surface area contributed by atoms with Gasteiger partial charge in [-0.2, -0.15) is 0 Å². The van der Waals surface area contributed by atoms with Crippen LogP contribution in [-0.4, -0.2) is 44.7 Å². The molecule has 0 bridgehead atoms. The number of carbonyl (C=O) groups excluding carboxylic acids is 1. The Labute approximate surface area is 175 Å². The van der Waals surface area contributed by atoms with Crippen molar-refractivity contribution in [1.82, 2.24) is 0 Å². The number of likely N-dealkylation sites (N-methyl/N-ethyl adjacent to an activating group) is 1. The van der Waals surface area contributed by atoms with Crippen LogP contribution in [0.2, 0.25) is 0 Å². The maximum absolute atomic E-state index is 11.6. The van der Waals surface area contributed by atoms with E-state index >= 15 is 0 Å². The molecule has 0 aromatic carbocycles. The topological polar surface area (TPSA) is 26.3 Å². The molecule has 0 spiro atoms. The fourth-order valence-electron chi connectivity index (χ4n) is 2.85. The van der Waals surface area contributed by atoms with Gasteiger partial charge in [0.2, 0.25) is 0 Å². The highest BCUT2D eigenvalue weighted by Crippen LogP contribution is 2.10. The summed E-state index contributed by atoms with van der Waals surface area (Å²) in [5, 5.41) is 0. The van der Waals surface area contributed by atoms with Gasteiger partial charge in [-0.05, 0) is 32.1 Å². The molecule has 0 saturated heterocycles. The third kappa shape index (κ3) is 25.5. The zero-order valence-corrected chi connectivity index (χ0v) is 19.4. The minimum Gasteiger partial charge on any atom is -1.00 e. The molecule has 0 fully saturated rings. The lowest BCUT2D eigenvalue weighted by molar-refractivity contribution is -0.870. The summed E-state index contributed by atoms with van der Waals surface area (Å²) in [6.45, 7) is 3.68. The summed E-state index contributed by atoms with van der Waals surface area (Å²) in [5.74, 6) is -0.0314. The molecule has 0 aliphatic rings. The number of unbranched alkanes of at least 4 members (excludes halogenated alkanes) is 11. The monoisotopic (exact) mass is 403 g/mol. The molecule has 27 heavy (non-hydrogen) atoms. The number of allylic oxidation sites excluding steroid dienone is 2. The second-order valence-electron chi connectivity index (χ2n) is 8.57. The molecule has 0 aliphatic carbocycles. The van der Waals surface area contributed by atoms with Gasteiger partial charge >= 0.3 is 5.97 Å². The average Bonchev–Trinajstić information content (AvgIpc) is 2.57. The van der Waals surface area contributed by atoms with Crippen LogP contribution < -0.4 is 12.4 Å². The van der Waals surface area contributed by atoms with Crippen molar-refractivity contribution < 1.29 is 26.4 Å². The highest BCUT2D eigenvalue weighted by atomic mass is 35.5. The Morgan fingerprint density at radius 3 is 1.78 bits per heavy atom. The molecular formula is C23H46ClNO2. The predicted octanol–water partition coefficient (Wildman–Crippen LogP) is 3.28. The number of hydrogen-bond donors (Lipinski definition) is 0. The smallest absolute Gasteiger partial charge is 0.305 e. The Bertz CT molecular complexity index is 351. The van der Waals surface area contributed by atoms with E-state index in [-0.39, 0.29) is 18.4 Å². The summed E-state index contributed by atoms with van der Waals surface area (Å²) in [5.41, 5.74) is 0. The van der Waals surface area contributed by atoms with Gasteiger partial charge in [0.25, 0.3) is 0 Å². The van der Waals surface area contributed by atoms with E-state index in [0.29, 0.717) is 13.0 Å². The van der Waals surface area contributed by atoms with Crippen molar-refractivity contribution in [3.63, 3.8) is 0 Å². The summed E-state index contributed by atoms with van der Waals surface area (Å²) in [6.07, 6.45) is 22.0. The average molecular weight is 404 g/mol. The first kappa shape index (κ1) is 28.7. The fourth-order valence-corrected chi connectivity index (χ4v) is 2.85. The van der Waals surface area contributed by atoms with Crippen LogP contribution in [0.3, 0.4) is 0 Å². The number of nitrogens with zero attached hydrogens (tertiary/aromatic N) is 1. The van der Waals surface area contributed by atoms with E-state index in [1.54, 1.807) is 0 Å². The van der Waals surface area contributed by atoms with Crippen molar-refractivity contribution in [2.75, 3.05) is 34.3 Å². The number of quaternary nitrogens is 1. The second kappa shape index (κ2) is 20.2. The van der Waals surface area contributed by atoms with Crippen molar-refractivity contribution in [2.24, 2.45) is 0 Å². The zero-order valence-electron chi connectivity index (χ0n) is 18.6. The quantitative estimate of drug-likeness (QED) is 0.152. The fraction of sp³-hybridized carbons (Fsp3) is 0.870. The standard InChI is InChI=1S/C23H46NO2.ClH/c1-5-6-7-8-9-10-11-12-13-14-15-16-17-18-19-20-23(25)26-22-21-24(2,3)4;/h12-13H,5-11,14-22H2,1-4H3;1H/q+1;/p-1/b13-12-;. The molecule has 0 rings (SSSR count). The van der Waals surface area contributed by atoms with Gasteiger partial charge in [-0.1, -0.05) is 70.4 Å². The van der Waals surface area contributed by atoms with Gasteiger partial charge in [0, 0.05) is 6.42 Å². The van der Waals surface area contributed by atoms with E-state index in [9.17, 15) is 4.79 Å². The van der Waals surface area contributed by atoms with Crippen LogP contribution in [0.1, 0.15) is 96.8 Å². The normalized spacial score (nSPS) is 11.6. The lowest BCUT2D eigenvalue weighted by Gasteiger charge is -2.23. The molecule has 162 valence electrons. The van der Waals surface area contributed by atoms with E-state index < -0.39 is 0 Å². The van der Waals surface area contributed by atoms with Gasteiger partial charge in [-0.15, -0.1) is 0 Å². The molecular weight excluding hydrogens is 358 g/mol. The molecule has 0 aliphatic heterocycles. The Balaban J connectivity index is 0. The molecule has 0 atom stereocenters. The molecule has 0 N–H and O–H groups in total. The van der Waals surface area contributed by atoms with Gasteiger partial charge in [0.05, 0.1) is 21.1 Å². The summed E-state index contributed by atoms with van der Waals surface area (Å²) in [7, 11) is 6.33. The molecule has 0 amide bonds. The Hall–Kier alpha value is -0.540. The largest absolute Gasteiger partial charge is 1.00 e. The molecule has 0 unspecified atom stereocenters. The van der Waals surface area contributed by atoms with E-state index in [4.69, 9.17) is 4.74 Å². The third-order valence-electron chi connectivity index (χ3n) is 4.67. The maximum Gasteiger partial charge on any atom is 0.305 e. The second-order valence-corrected chi connectivity index (χ2v) is 8.57. The molecule has 0 radical (unpaired) electrons. The van der Waals surface area contributed by atoms with Gasteiger partial charge in [0.1, 0.15) is 13.2 Å². The summed E-state index contributed by atoms with van der Waals surface area (Å²) >= 11 is 0. The molecule has 0 aromatic heterocycles. The van der Waals surface area contributed by atoms with Crippen molar-refractivity contribution in [3.05, 3.63) is 12.2 Å². The van der Waals surface area contributed by atoms with Crippen molar-refractivity contribution in [3.8, 4) is 0 Å². The van der Waals surface area contributed by atoms with Crippen LogP contribution in [0.4, 0.5) is 0 Å². The minimum atomic E-state index is -0.0314. The molecule has 4 heteroatoms. The molecule has 0 aromatic rings. The Morgan fingerprint density at radius 1 is 0.778 bits per heavy atom. The number of rotatable bonds is 18. The zero-order chi connectivity index (χ0) is 19.5. The highest BCUT2D eigenvalue weighted by Gasteiger charge is 2.09. The lowest BCUT2D eigenvalue weighted by Crippen LogP contribution is -3.00. The number of esters is 1. The first-order chi connectivity index (χ1) is 12.5. The van der Waals surface area contributed by atoms with E-state index in [1.165, 1.54) is 70.6 Å². The van der Waals surface area contributed by atoms with Gasteiger partial charge in [-0.3, -0.25) is 4.79 Å². The van der Waals surface area contributed by atoms with Gasteiger partial charge in [-0.25, -0.2) is 0 Å². The van der Waals surface area contributed by atoms with Crippen LogP contribution in [-0.2, 0) is 9.53 Å². The SMILES string of the molecule is CCCCCCCC/C=C\CCCCCCCC(=O)OCC[N+](C)(C)C.[Cl-]. The maximum atomic E-state index is 11.6. The third-order valence-corrected chi connectivity index (χ3v) is 4.67. The minimum absolute atomic E-state index is 0. The van der Waals surface area contributed by atoms with E-state index in [0.717, 1.165) is 23.9 Å². The molecule has 3 nitrogen and oxygen atoms in total.